The number of aliphatic hydroxyl groups is 1. The summed E-state index contributed by atoms with van der Waals surface area (Å²) in [6, 6.07) is 7.63. The van der Waals surface area contributed by atoms with Crippen molar-refractivity contribution in [2.24, 2.45) is 0 Å². The van der Waals surface area contributed by atoms with Crippen molar-refractivity contribution in [3.8, 4) is 5.75 Å². The first-order chi connectivity index (χ1) is 8.75. The van der Waals surface area contributed by atoms with Gasteiger partial charge in [-0.05, 0) is 50.3 Å². The molecule has 1 N–H and O–H groups in total. The Bertz CT molecular complexity index is 339. The Morgan fingerprint density at radius 2 is 2.17 bits per heavy atom. The van der Waals surface area contributed by atoms with Gasteiger partial charge in [0.25, 0.3) is 0 Å². The first-order valence-corrected chi connectivity index (χ1v) is 6.78. The second-order valence-corrected chi connectivity index (χ2v) is 4.87. The molecular formula is C15H22O3. The molecule has 0 amide bonds. The highest BCUT2D eigenvalue weighted by Gasteiger charge is 2.14. The average molecular weight is 250 g/mol. The van der Waals surface area contributed by atoms with Crippen molar-refractivity contribution in [2.45, 2.75) is 44.8 Å². The van der Waals surface area contributed by atoms with Crippen LogP contribution < -0.4 is 4.74 Å². The van der Waals surface area contributed by atoms with Gasteiger partial charge in [0.15, 0.2) is 0 Å². The smallest absolute Gasteiger partial charge is 0.119 e. The molecule has 3 nitrogen and oxygen atoms in total. The number of aliphatic hydroxyl groups excluding tert-OH is 1. The molecule has 0 radical (unpaired) electrons. The van der Waals surface area contributed by atoms with Crippen molar-refractivity contribution in [2.75, 3.05) is 13.2 Å². The molecule has 1 aliphatic rings. The van der Waals surface area contributed by atoms with Crippen LogP contribution in [0.1, 0.15) is 44.3 Å². The van der Waals surface area contributed by atoms with Crippen LogP contribution in [0.25, 0.3) is 0 Å². The maximum Gasteiger partial charge on any atom is 0.119 e. The van der Waals surface area contributed by atoms with Crippen molar-refractivity contribution in [1.29, 1.82) is 0 Å². The first kappa shape index (κ1) is 13.4. The molecule has 3 heteroatoms. The average Bonchev–Trinajstić information content (AvgIpc) is 2.88. The van der Waals surface area contributed by atoms with Gasteiger partial charge < -0.3 is 14.6 Å². The van der Waals surface area contributed by atoms with E-state index in [-0.39, 0.29) is 0 Å². The van der Waals surface area contributed by atoms with Crippen LogP contribution in [0.2, 0.25) is 0 Å². The molecule has 0 aliphatic carbocycles. The Morgan fingerprint density at radius 1 is 1.39 bits per heavy atom. The van der Waals surface area contributed by atoms with E-state index in [9.17, 15) is 5.11 Å². The summed E-state index contributed by atoms with van der Waals surface area (Å²) in [5, 5.41) is 9.40. The SMILES string of the molecule is C[C@H](O)c1ccc(OCCCC2CCCO2)cc1. The van der Waals surface area contributed by atoms with Crippen LogP contribution in [0.3, 0.4) is 0 Å². The van der Waals surface area contributed by atoms with Crippen LogP contribution in [-0.2, 0) is 4.74 Å². The summed E-state index contributed by atoms with van der Waals surface area (Å²) in [4.78, 5) is 0. The Balaban J connectivity index is 1.66. The highest BCUT2D eigenvalue weighted by molar-refractivity contribution is 5.28. The number of hydrogen-bond donors (Lipinski definition) is 1. The third-order valence-electron chi connectivity index (χ3n) is 3.33. The molecule has 2 rings (SSSR count). The number of rotatable bonds is 6. The minimum absolute atomic E-state index is 0.418. The molecule has 1 aliphatic heterocycles. The number of ether oxygens (including phenoxy) is 2. The maximum atomic E-state index is 9.40. The van der Waals surface area contributed by atoms with E-state index in [1.54, 1.807) is 6.92 Å². The lowest BCUT2D eigenvalue weighted by atomic mass is 10.1. The van der Waals surface area contributed by atoms with Gasteiger partial charge in [-0.25, -0.2) is 0 Å². The molecule has 100 valence electrons. The van der Waals surface area contributed by atoms with E-state index in [0.717, 1.165) is 37.4 Å². The zero-order chi connectivity index (χ0) is 12.8. The zero-order valence-electron chi connectivity index (χ0n) is 11.0. The van der Waals surface area contributed by atoms with Crippen LogP contribution in [0.5, 0.6) is 5.75 Å². The largest absolute Gasteiger partial charge is 0.494 e. The Morgan fingerprint density at radius 3 is 2.78 bits per heavy atom. The molecule has 0 aromatic heterocycles. The summed E-state index contributed by atoms with van der Waals surface area (Å²) < 4.78 is 11.2. The molecule has 1 unspecified atom stereocenters. The fourth-order valence-corrected chi connectivity index (χ4v) is 2.22. The number of hydrogen-bond acceptors (Lipinski definition) is 3. The third-order valence-corrected chi connectivity index (χ3v) is 3.33. The number of benzene rings is 1. The Hall–Kier alpha value is -1.06. The molecule has 1 saturated heterocycles. The highest BCUT2D eigenvalue weighted by Crippen LogP contribution is 2.19. The van der Waals surface area contributed by atoms with Gasteiger partial charge >= 0.3 is 0 Å². The van der Waals surface area contributed by atoms with E-state index < -0.39 is 6.10 Å². The highest BCUT2D eigenvalue weighted by atomic mass is 16.5. The topological polar surface area (TPSA) is 38.7 Å². The normalized spacial score (nSPS) is 20.9. The summed E-state index contributed by atoms with van der Waals surface area (Å²) in [5.41, 5.74) is 0.918. The van der Waals surface area contributed by atoms with Gasteiger partial charge in [-0.1, -0.05) is 12.1 Å². The summed E-state index contributed by atoms with van der Waals surface area (Å²) in [7, 11) is 0. The summed E-state index contributed by atoms with van der Waals surface area (Å²) in [5.74, 6) is 0.867. The summed E-state index contributed by atoms with van der Waals surface area (Å²) >= 11 is 0. The molecular weight excluding hydrogens is 228 g/mol. The molecule has 0 spiro atoms. The van der Waals surface area contributed by atoms with Crippen molar-refractivity contribution >= 4 is 0 Å². The molecule has 0 saturated carbocycles. The lowest BCUT2D eigenvalue weighted by Gasteiger charge is -2.11. The fraction of sp³-hybridized carbons (Fsp3) is 0.600. The second-order valence-electron chi connectivity index (χ2n) is 4.87. The summed E-state index contributed by atoms with van der Waals surface area (Å²) in [6.45, 7) is 3.41. The standard InChI is InChI=1S/C15H22O3/c1-12(16)13-6-8-15(9-7-13)18-11-3-5-14-4-2-10-17-14/h6-9,12,14,16H,2-5,10-11H2,1H3/t12-,14?/m0/s1. The molecule has 1 fully saturated rings. The molecule has 0 bridgehead atoms. The zero-order valence-corrected chi connectivity index (χ0v) is 11.0. The predicted octanol–water partition coefficient (Wildman–Crippen LogP) is 3.08. The lowest BCUT2D eigenvalue weighted by molar-refractivity contribution is 0.0981. The minimum Gasteiger partial charge on any atom is -0.494 e. The van der Waals surface area contributed by atoms with Crippen molar-refractivity contribution in [3.63, 3.8) is 0 Å². The van der Waals surface area contributed by atoms with Gasteiger partial charge in [0.05, 0.1) is 18.8 Å². The van der Waals surface area contributed by atoms with Gasteiger partial charge in [0, 0.05) is 6.61 Å². The second kappa shape index (κ2) is 6.76. The molecule has 1 aromatic carbocycles. The van der Waals surface area contributed by atoms with Crippen LogP contribution in [0.4, 0.5) is 0 Å². The molecule has 1 heterocycles. The first-order valence-electron chi connectivity index (χ1n) is 6.78. The molecule has 18 heavy (non-hydrogen) atoms. The van der Waals surface area contributed by atoms with E-state index in [0.29, 0.717) is 6.10 Å². The van der Waals surface area contributed by atoms with E-state index in [2.05, 4.69) is 0 Å². The minimum atomic E-state index is -0.418. The van der Waals surface area contributed by atoms with Crippen molar-refractivity contribution < 1.29 is 14.6 Å². The maximum absolute atomic E-state index is 9.40. The van der Waals surface area contributed by atoms with E-state index in [4.69, 9.17) is 9.47 Å². The van der Waals surface area contributed by atoms with Crippen LogP contribution in [-0.4, -0.2) is 24.4 Å². The fourth-order valence-electron chi connectivity index (χ4n) is 2.22. The van der Waals surface area contributed by atoms with Gasteiger partial charge in [-0.3, -0.25) is 0 Å². The molecule has 2 atom stereocenters. The quantitative estimate of drug-likeness (QED) is 0.789. The Kier molecular flexibility index (Phi) is 5.02. The summed E-state index contributed by atoms with van der Waals surface area (Å²) in [6.07, 6.45) is 4.55. The monoisotopic (exact) mass is 250 g/mol. The Labute approximate surface area is 109 Å². The van der Waals surface area contributed by atoms with Gasteiger partial charge in [0.1, 0.15) is 5.75 Å². The third kappa shape index (κ3) is 4.00. The van der Waals surface area contributed by atoms with Gasteiger partial charge in [0.2, 0.25) is 0 Å². The van der Waals surface area contributed by atoms with E-state index in [1.165, 1.54) is 12.8 Å². The van der Waals surface area contributed by atoms with E-state index in [1.807, 2.05) is 24.3 Å². The van der Waals surface area contributed by atoms with Crippen LogP contribution >= 0.6 is 0 Å². The lowest BCUT2D eigenvalue weighted by Crippen LogP contribution is -2.07. The van der Waals surface area contributed by atoms with Crippen LogP contribution in [0.15, 0.2) is 24.3 Å². The molecule has 1 aromatic rings. The van der Waals surface area contributed by atoms with Crippen molar-refractivity contribution in [1.82, 2.24) is 0 Å². The van der Waals surface area contributed by atoms with Gasteiger partial charge in [-0.2, -0.15) is 0 Å². The van der Waals surface area contributed by atoms with Gasteiger partial charge in [-0.15, -0.1) is 0 Å². The van der Waals surface area contributed by atoms with E-state index >= 15 is 0 Å². The predicted molar refractivity (Wildman–Crippen MR) is 70.8 cm³/mol. The van der Waals surface area contributed by atoms with Crippen LogP contribution in [0, 0.1) is 0 Å². The van der Waals surface area contributed by atoms with Crippen molar-refractivity contribution in [3.05, 3.63) is 29.8 Å².